The number of anilines is 1. The Kier molecular flexibility index (Phi) is 4.77. The molecule has 2 amide bonds. The van der Waals surface area contributed by atoms with E-state index in [9.17, 15) is 19.1 Å². The average molecular weight is 324 g/mol. The number of likely N-dealkylation sites (tertiary alicyclic amines) is 1. The van der Waals surface area contributed by atoms with Crippen molar-refractivity contribution in [3.63, 3.8) is 0 Å². The van der Waals surface area contributed by atoms with Gasteiger partial charge in [0.25, 0.3) is 0 Å². The first-order chi connectivity index (χ1) is 10.7. The van der Waals surface area contributed by atoms with Crippen LogP contribution in [0.1, 0.15) is 27.2 Å². The zero-order valence-electron chi connectivity index (χ0n) is 13.4. The summed E-state index contributed by atoms with van der Waals surface area (Å²) in [6, 6.07) is 3.43. The van der Waals surface area contributed by atoms with Crippen LogP contribution in [-0.2, 0) is 4.79 Å². The molecule has 0 saturated carbocycles. The molecule has 2 N–H and O–H groups in total. The van der Waals surface area contributed by atoms with E-state index in [0.717, 1.165) is 0 Å². The molecule has 0 spiro atoms. The van der Waals surface area contributed by atoms with Crippen molar-refractivity contribution in [3.05, 3.63) is 24.0 Å². The number of hydrogen-bond donors (Lipinski definition) is 2. The van der Waals surface area contributed by atoms with E-state index in [2.05, 4.69) is 5.32 Å². The number of carbonyl (C=O) groups is 2. The fraction of sp³-hybridized carbons (Fsp3) is 0.500. The van der Waals surface area contributed by atoms with Gasteiger partial charge in [-0.3, -0.25) is 4.79 Å². The van der Waals surface area contributed by atoms with E-state index in [1.165, 1.54) is 23.1 Å². The molecule has 1 aliphatic rings. The van der Waals surface area contributed by atoms with Crippen LogP contribution in [0.4, 0.5) is 14.9 Å². The molecule has 2 rings (SSSR count). The molecule has 7 heteroatoms. The van der Waals surface area contributed by atoms with Crippen molar-refractivity contribution in [1.29, 1.82) is 0 Å². The molecule has 6 nitrogen and oxygen atoms in total. The summed E-state index contributed by atoms with van der Waals surface area (Å²) in [5, 5.41) is 11.8. The molecule has 1 atom stereocenters. The Morgan fingerprint density at radius 3 is 2.70 bits per heavy atom. The minimum atomic E-state index is -0.948. The van der Waals surface area contributed by atoms with Gasteiger partial charge < -0.3 is 20.1 Å². The van der Waals surface area contributed by atoms with E-state index >= 15 is 0 Å². The summed E-state index contributed by atoms with van der Waals surface area (Å²) in [6.07, 6.45) is 0.257. The number of halogens is 1. The number of carbonyl (C=O) groups excluding carboxylic acids is 1. The Hall–Kier alpha value is -2.31. The molecule has 0 bridgehead atoms. The summed E-state index contributed by atoms with van der Waals surface area (Å²) in [4.78, 5) is 25.0. The zero-order chi connectivity index (χ0) is 17.2. The summed E-state index contributed by atoms with van der Waals surface area (Å²) < 4.78 is 19.0. The maximum atomic E-state index is 13.4. The molecule has 1 aromatic rings. The third kappa shape index (κ3) is 3.91. The van der Waals surface area contributed by atoms with Gasteiger partial charge >= 0.3 is 12.0 Å². The van der Waals surface area contributed by atoms with Gasteiger partial charge in [0.05, 0.1) is 17.2 Å². The predicted molar refractivity (Wildman–Crippen MR) is 83.1 cm³/mol. The number of ether oxygens (including phenoxy) is 1. The summed E-state index contributed by atoms with van der Waals surface area (Å²) >= 11 is 0. The number of nitrogens with one attached hydrogen (secondary N) is 1. The van der Waals surface area contributed by atoms with E-state index < -0.39 is 23.2 Å². The van der Waals surface area contributed by atoms with Gasteiger partial charge in [0.2, 0.25) is 0 Å². The molecule has 126 valence electrons. The van der Waals surface area contributed by atoms with Crippen LogP contribution in [0.25, 0.3) is 0 Å². The Morgan fingerprint density at radius 1 is 1.43 bits per heavy atom. The maximum absolute atomic E-state index is 13.4. The van der Waals surface area contributed by atoms with Crippen LogP contribution in [0.5, 0.6) is 5.75 Å². The molecule has 0 aliphatic carbocycles. The van der Waals surface area contributed by atoms with Crippen molar-refractivity contribution >= 4 is 17.7 Å². The normalized spacial score (nSPS) is 20.7. The third-order valence-electron chi connectivity index (χ3n) is 3.82. The van der Waals surface area contributed by atoms with E-state index in [0.29, 0.717) is 18.7 Å². The highest BCUT2D eigenvalue weighted by atomic mass is 19.1. The molecule has 0 aromatic heterocycles. The fourth-order valence-electron chi connectivity index (χ4n) is 2.46. The second-order valence-electron chi connectivity index (χ2n) is 6.27. The minimum absolute atomic E-state index is 0.115. The maximum Gasteiger partial charge on any atom is 0.321 e. The standard InChI is InChI=1S/C16H21FN2O4/c1-10(2)23-13-5-4-11(17)8-12(13)18-15(22)19-7-6-16(3,9-19)14(20)21/h4-5,8,10H,6-7,9H2,1-3H3,(H,18,22)(H,20,21). The van der Waals surface area contributed by atoms with Crippen LogP contribution in [-0.4, -0.2) is 41.2 Å². The fourth-order valence-corrected chi connectivity index (χ4v) is 2.46. The van der Waals surface area contributed by atoms with Gasteiger partial charge in [0.15, 0.2) is 0 Å². The van der Waals surface area contributed by atoms with Gasteiger partial charge in [-0.1, -0.05) is 0 Å². The van der Waals surface area contributed by atoms with E-state index in [-0.39, 0.29) is 18.3 Å². The smallest absolute Gasteiger partial charge is 0.321 e. The largest absolute Gasteiger partial charge is 0.489 e. The first kappa shape index (κ1) is 17.1. The SMILES string of the molecule is CC(C)Oc1ccc(F)cc1NC(=O)N1CCC(C)(C(=O)O)C1. The lowest BCUT2D eigenvalue weighted by atomic mass is 9.90. The van der Waals surface area contributed by atoms with Crippen molar-refractivity contribution in [1.82, 2.24) is 4.90 Å². The second kappa shape index (κ2) is 6.44. The molecule has 1 heterocycles. The average Bonchev–Trinajstić information content (AvgIpc) is 2.85. The summed E-state index contributed by atoms with van der Waals surface area (Å²) in [6.45, 7) is 5.72. The number of carboxylic acid groups (broad SMARTS) is 1. The van der Waals surface area contributed by atoms with Gasteiger partial charge in [-0.2, -0.15) is 0 Å². The molecule has 1 saturated heterocycles. The third-order valence-corrected chi connectivity index (χ3v) is 3.82. The number of hydrogen-bond acceptors (Lipinski definition) is 3. The van der Waals surface area contributed by atoms with Crippen molar-refractivity contribution in [2.24, 2.45) is 5.41 Å². The number of aliphatic carboxylic acids is 1. The highest BCUT2D eigenvalue weighted by molar-refractivity contribution is 5.92. The highest BCUT2D eigenvalue weighted by Gasteiger charge is 2.42. The van der Waals surface area contributed by atoms with Crippen LogP contribution in [0, 0.1) is 11.2 Å². The first-order valence-electron chi connectivity index (χ1n) is 7.47. The number of rotatable bonds is 4. The quantitative estimate of drug-likeness (QED) is 0.892. The van der Waals surface area contributed by atoms with Crippen molar-refractivity contribution < 1.29 is 23.8 Å². The number of benzene rings is 1. The molecule has 1 aliphatic heterocycles. The van der Waals surface area contributed by atoms with Gasteiger partial charge in [-0.25, -0.2) is 9.18 Å². The Balaban J connectivity index is 2.12. The first-order valence-corrected chi connectivity index (χ1v) is 7.47. The molecule has 1 aromatic carbocycles. The van der Waals surface area contributed by atoms with Crippen LogP contribution < -0.4 is 10.1 Å². The lowest BCUT2D eigenvalue weighted by Gasteiger charge is -2.21. The van der Waals surface area contributed by atoms with Crippen molar-refractivity contribution in [2.45, 2.75) is 33.3 Å². The van der Waals surface area contributed by atoms with Crippen LogP contribution >= 0.6 is 0 Å². The summed E-state index contributed by atoms with van der Waals surface area (Å²) in [7, 11) is 0. The summed E-state index contributed by atoms with van der Waals surface area (Å²) in [5.74, 6) is -1.05. The zero-order valence-corrected chi connectivity index (χ0v) is 13.4. The van der Waals surface area contributed by atoms with Gasteiger partial charge in [-0.05, 0) is 39.3 Å². The molecular formula is C16H21FN2O4. The van der Waals surface area contributed by atoms with E-state index in [1.54, 1.807) is 6.92 Å². The van der Waals surface area contributed by atoms with E-state index in [1.807, 2.05) is 13.8 Å². The topological polar surface area (TPSA) is 78.9 Å². The second-order valence-corrected chi connectivity index (χ2v) is 6.27. The predicted octanol–water partition coefficient (Wildman–Crippen LogP) is 2.94. The molecular weight excluding hydrogens is 303 g/mol. The van der Waals surface area contributed by atoms with Crippen molar-refractivity contribution in [2.75, 3.05) is 18.4 Å². The highest BCUT2D eigenvalue weighted by Crippen LogP contribution is 2.32. The lowest BCUT2D eigenvalue weighted by molar-refractivity contribution is -0.146. The monoisotopic (exact) mass is 324 g/mol. The number of urea groups is 1. The summed E-state index contributed by atoms with van der Waals surface area (Å²) in [5.41, 5.74) is -0.719. The Morgan fingerprint density at radius 2 is 2.13 bits per heavy atom. The molecule has 23 heavy (non-hydrogen) atoms. The van der Waals surface area contributed by atoms with Crippen LogP contribution in [0.2, 0.25) is 0 Å². The minimum Gasteiger partial charge on any atom is -0.489 e. The van der Waals surface area contributed by atoms with Crippen LogP contribution in [0.3, 0.4) is 0 Å². The van der Waals surface area contributed by atoms with Crippen molar-refractivity contribution in [3.8, 4) is 5.75 Å². The van der Waals surface area contributed by atoms with Gasteiger partial charge in [0, 0.05) is 19.2 Å². The number of amides is 2. The van der Waals surface area contributed by atoms with E-state index in [4.69, 9.17) is 4.74 Å². The lowest BCUT2D eigenvalue weighted by Crippen LogP contribution is -2.37. The van der Waals surface area contributed by atoms with Crippen LogP contribution in [0.15, 0.2) is 18.2 Å². The molecule has 1 unspecified atom stereocenters. The Labute approximate surface area is 134 Å². The number of nitrogens with zero attached hydrogens (tertiary/aromatic N) is 1. The number of carboxylic acids is 1. The van der Waals surface area contributed by atoms with Gasteiger partial charge in [-0.15, -0.1) is 0 Å². The van der Waals surface area contributed by atoms with Gasteiger partial charge in [0.1, 0.15) is 11.6 Å². The Bertz CT molecular complexity index is 620. The molecule has 0 radical (unpaired) electrons. The molecule has 1 fully saturated rings.